The van der Waals surface area contributed by atoms with Crippen molar-refractivity contribution in [2.75, 3.05) is 0 Å². The van der Waals surface area contributed by atoms with E-state index in [0.29, 0.717) is 0 Å². The zero-order valence-electron chi connectivity index (χ0n) is 6.63. The third-order valence-corrected chi connectivity index (χ3v) is 1.20. The lowest BCUT2D eigenvalue weighted by Crippen LogP contribution is -2.14. The van der Waals surface area contributed by atoms with Gasteiger partial charge in [0.15, 0.2) is 5.82 Å². The van der Waals surface area contributed by atoms with Gasteiger partial charge in [0.25, 0.3) is 0 Å². The summed E-state index contributed by atoms with van der Waals surface area (Å²) in [7, 11) is 1.85. The van der Waals surface area contributed by atoms with Crippen LogP contribution in [-0.4, -0.2) is 14.8 Å². The average molecular weight is 138 g/mol. The molecule has 0 saturated heterocycles. The van der Waals surface area contributed by atoms with Gasteiger partial charge in [-0.15, -0.1) is 0 Å². The lowest BCUT2D eigenvalue weighted by atomic mass is 9.96. The van der Waals surface area contributed by atoms with Gasteiger partial charge in [0.1, 0.15) is 6.33 Å². The SMILES string of the molecule is [CH2]C(C)(C)c1ncn(C)n1. The molecule has 0 spiro atoms. The Kier molecular flexibility index (Phi) is 1.50. The van der Waals surface area contributed by atoms with Crippen LogP contribution in [0.2, 0.25) is 0 Å². The third kappa shape index (κ3) is 1.35. The highest BCUT2D eigenvalue weighted by Gasteiger charge is 2.17. The van der Waals surface area contributed by atoms with Crippen LogP contribution < -0.4 is 0 Å². The number of aromatic nitrogens is 3. The first-order chi connectivity index (χ1) is 4.50. The fraction of sp³-hybridized carbons (Fsp3) is 0.571. The van der Waals surface area contributed by atoms with E-state index in [9.17, 15) is 0 Å². The molecule has 0 bridgehead atoms. The van der Waals surface area contributed by atoms with E-state index in [-0.39, 0.29) is 5.41 Å². The van der Waals surface area contributed by atoms with Crippen LogP contribution in [0, 0.1) is 6.92 Å². The molecule has 0 saturated carbocycles. The van der Waals surface area contributed by atoms with Crippen LogP contribution in [-0.2, 0) is 12.5 Å². The standard InChI is InChI=1S/C7H12N3/c1-7(2,3)6-8-5-10(4)9-6/h5H,1H2,2-4H3. The summed E-state index contributed by atoms with van der Waals surface area (Å²) in [6.45, 7) is 7.89. The average Bonchev–Trinajstić information content (AvgIpc) is 2.11. The van der Waals surface area contributed by atoms with Crippen LogP contribution >= 0.6 is 0 Å². The van der Waals surface area contributed by atoms with E-state index in [2.05, 4.69) is 17.0 Å². The molecule has 0 aliphatic rings. The molecule has 0 aliphatic carbocycles. The van der Waals surface area contributed by atoms with Crippen LogP contribution in [0.5, 0.6) is 0 Å². The van der Waals surface area contributed by atoms with Gasteiger partial charge in [0.2, 0.25) is 0 Å². The van der Waals surface area contributed by atoms with Crippen molar-refractivity contribution in [3.63, 3.8) is 0 Å². The second-order valence-corrected chi connectivity index (χ2v) is 3.13. The molecule has 0 atom stereocenters. The number of hydrogen-bond donors (Lipinski definition) is 0. The summed E-state index contributed by atoms with van der Waals surface area (Å²) in [5.41, 5.74) is -0.179. The second-order valence-electron chi connectivity index (χ2n) is 3.13. The molecule has 3 nitrogen and oxygen atoms in total. The maximum Gasteiger partial charge on any atom is 0.156 e. The zero-order valence-corrected chi connectivity index (χ0v) is 6.63. The van der Waals surface area contributed by atoms with Crippen LogP contribution in [0.4, 0.5) is 0 Å². The second kappa shape index (κ2) is 2.08. The normalized spacial score (nSPS) is 12.0. The van der Waals surface area contributed by atoms with Gasteiger partial charge >= 0.3 is 0 Å². The molecule has 0 aliphatic heterocycles. The molecule has 1 aromatic rings. The Labute approximate surface area is 61.1 Å². The summed E-state index contributed by atoms with van der Waals surface area (Å²) in [6.07, 6.45) is 1.68. The summed E-state index contributed by atoms with van der Waals surface area (Å²) >= 11 is 0. The summed E-state index contributed by atoms with van der Waals surface area (Å²) in [5.74, 6) is 0.787. The third-order valence-electron chi connectivity index (χ3n) is 1.20. The van der Waals surface area contributed by atoms with Gasteiger partial charge in [-0.2, -0.15) is 5.10 Å². The van der Waals surface area contributed by atoms with Crippen LogP contribution in [0.1, 0.15) is 19.7 Å². The molecule has 55 valence electrons. The minimum atomic E-state index is -0.179. The summed E-state index contributed by atoms with van der Waals surface area (Å²) in [4.78, 5) is 4.08. The quantitative estimate of drug-likeness (QED) is 0.578. The van der Waals surface area contributed by atoms with E-state index >= 15 is 0 Å². The van der Waals surface area contributed by atoms with Gasteiger partial charge in [0.05, 0.1) is 0 Å². The van der Waals surface area contributed by atoms with Crippen molar-refractivity contribution in [3.8, 4) is 0 Å². The highest BCUT2D eigenvalue weighted by atomic mass is 15.3. The van der Waals surface area contributed by atoms with Crippen LogP contribution in [0.25, 0.3) is 0 Å². The van der Waals surface area contributed by atoms with E-state index in [0.717, 1.165) is 5.82 Å². The Balaban J connectivity index is 2.96. The topological polar surface area (TPSA) is 30.7 Å². The summed E-state index contributed by atoms with van der Waals surface area (Å²) < 4.78 is 1.68. The Bertz CT molecular complexity index is 219. The molecular formula is C7H12N3. The lowest BCUT2D eigenvalue weighted by molar-refractivity contribution is 0.597. The smallest absolute Gasteiger partial charge is 0.156 e. The van der Waals surface area contributed by atoms with Crippen molar-refractivity contribution >= 4 is 0 Å². The van der Waals surface area contributed by atoms with Crippen LogP contribution in [0.3, 0.4) is 0 Å². The first kappa shape index (κ1) is 7.25. The molecular weight excluding hydrogens is 126 g/mol. The Hall–Kier alpha value is -0.860. The molecule has 1 rings (SSSR count). The molecule has 10 heavy (non-hydrogen) atoms. The van der Waals surface area contributed by atoms with Gasteiger partial charge in [-0.3, -0.25) is 4.68 Å². The maximum absolute atomic E-state index is 4.12. The van der Waals surface area contributed by atoms with Crippen LogP contribution in [0.15, 0.2) is 6.33 Å². The molecule has 1 heterocycles. The van der Waals surface area contributed by atoms with Gasteiger partial charge in [-0.1, -0.05) is 13.8 Å². The molecule has 0 fully saturated rings. The van der Waals surface area contributed by atoms with Crippen molar-refractivity contribution in [1.82, 2.24) is 14.8 Å². The summed E-state index contributed by atoms with van der Waals surface area (Å²) in [5, 5.41) is 4.12. The largest absolute Gasteiger partial charge is 0.256 e. The molecule has 0 amide bonds. The highest BCUT2D eigenvalue weighted by Crippen LogP contribution is 2.15. The minimum absolute atomic E-state index is 0.179. The molecule has 1 radical (unpaired) electrons. The molecule has 0 aromatic carbocycles. The van der Waals surface area contributed by atoms with E-state index in [4.69, 9.17) is 0 Å². The van der Waals surface area contributed by atoms with E-state index in [1.54, 1.807) is 11.0 Å². The fourth-order valence-electron chi connectivity index (χ4n) is 0.649. The minimum Gasteiger partial charge on any atom is -0.256 e. The number of nitrogens with zero attached hydrogens (tertiary/aromatic N) is 3. The van der Waals surface area contributed by atoms with E-state index in [1.165, 1.54) is 0 Å². The monoisotopic (exact) mass is 138 g/mol. The van der Waals surface area contributed by atoms with Gasteiger partial charge in [-0.25, -0.2) is 4.98 Å². The molecule has 1 aromatic heterocycles. The zero-order chi connectivity index (χ0) is 7.78. The van der Waals surface area contributed by atoms with Crippen molar-refractivity contribution < 1.29 is 0 Å². The Morgan fingerprint density at radius 1 is 1.60 bits per heavy atom. The van der Waals surface area contributed by atoms with Gasteiger partial charge < -0.3 is 0 Å². The predicted octanol–water partition coefficient (Wildman–Crippen LogP) is 0.927. The molecule has 0 N–H and O–H groups in total. The fourth-order valence-corrected chi connectivity index (χ4v) is 0.649. The first-order valence-electron chi connectivity index (χ1n) is 3.21. The summed E-state index contributed by atoms with van der Waals surface area (Å²) in [6, 6.07) is 0. The van der Waals surface area contributed by atoms with Crippen molar-refractivity contribution in [2.24, 2.45) is 7.05 Å². The molecule has 0 unspecified atom stereocenters. The van der Waals surface area contributed by atoms with E-state index < -0.39 is 0 Å². The highest BCUT2D eigenvalue weighted by molar-refractivity contribution is 5.02. The van der Waals surface area contributed by atoms with E-state index in [1.807, 2.05) is 20.9 Å². The molecule has 3 heteroatoms. The van der Waals surface area contributed by atoms with Gasteiger partial charge in [-0.05, 0) is 6.92 Å². The van der Waals surface area contributed by atoms with Gasteiger partial charge in [0, 0.05) is 12.5 Å². The van der Waals surface area contributed by atoms with Crippen molar-refractivity contribution in [2.45, 2.75) is 19.3 Å². The number of hydrogen-bond acceptors (Lipinski definition) is 2. The predicted molar refractivity (Wildman–Crippen MR) is 39.4 cm³/mol. The van der Waals surface area contributed by atoms with Crippen molar-refractivity contribution in [3.05, 3.63) is 19.1 Å². The Morgan fingerprint density at radius 3 is 2.40 bits per heavy atom. The first-order valence-corrected chi connectivity index (χ1v) is 3.21. The number of rotatable bonds is 1. The maximum atomic E-state index is 4.12. The number of aryl methyl sites for hydroxylation is 1. The Morgan fingerprint density at radius 2 is 2.20 bits per heavy atom. The van der Waals surface area contributed by atoms with Crippen molar-refractivity contribution in [1.29, 1.82) is 0 Å². The lowest BCUT2D eigenvalue weighted by Gasteiger charge is -2.11.